The van der Waals surface area contributed by atoms with Crippen LogP contribution in [0.25, 0.3) is 0 Å². The highest BCUT2D eigenvalue weighted by Gasteiger charge is 2.23. The molecular formula is C13H23N3. The molecule has 0 aliphatic carbocycles. The third kappa shape index (κ3) is 2.23. The van der Waals surface area contributed by atoms with Crippen molar-refractivity contribution in [3.05, 3.63) is 11.8 Å². The Bertz CT molecular complexity index is 352. The third-order valence-corrected chi connectivity index (χ3v) is 3.23. The summed E-state index contributed by atoms with van der Waals surface area (Å²) in [7, 11) is 0. The molecule has 3 heteroatoms. The lowest BCUT2D eigenvalue weighted by atomic mass is 10.00. The molecule has 1 aromatic rings. The first-order valence-electron chi connectivity index (χ1n) is 6.40. The molecule has 2 rings (SSSR count). The maximum absolute atomic E-state index is 4.75. The predicted octanol–water partition coefficient (Wildman–Crippen LogP) is 3.09. The summed E-state index contributed by atoms with van der Waals surface area (Å²) in [6, 6.07) is 2.78. The minimum atomic E-state index is 0.567. The molecule has 0 fully saturated rings. The number of hydrogen-bond acceptors (Lipinski definition) is 2. The molecular weight excluding hydrogens is 198 g/mol. The fraction of sp³-hybridized carbons (Fsp3) is 0.769. The van der Waals surface area contributed by atoms with Gasteiger partial charge in [0.15, 0.2) is 0 Å². The Hall–Kier alpha value is -0.990. The molecule has 1 unspecified atom stereocenters. The van der Waals surface area contributed by atoms with Crippen LogP contribution in [-0.2, 0) is 6.42 Å². The molecule has 1 aliphatic heterocycles. The van der Waals surface area contributed by atoms with Crippen LogP contribution in [-0.4, -0.2) is 16.3 Å². The molecule has 3 nitrogen and oxygen atoms in total. The number of hydrogen-bond donors (Lipinski definition) is 1. The van der Waals surface area contributed by atoms with Gasteiger partial charge in [0.25, 0.3) is 0 Å². The number of rotatable bonds is 3. The van der Waals surface area contributed by atoms with Crippen LogP contribution in [0.2, 0.25) is 0 Å². The summed E-state index contributed by atoms with van der Waals surface area (Å²) < 4.78 is 2.20. The number of fused-ring (bicyclic) bond motifs is 1. The molecule has 0 spiro atoms. The maximum atomic E-state index is 4.75. The number of nitrogens with zero attached hydrogens (tertiary/aromatic N) is 2. The van der Waals surface area contributed by atoms with Gasteiger partial charge in [-0.05, 0) is 24.7 Å². The quantitative estimate of drug-likeness (QED) is 0.850. The monoisotopic (exact) mass is 221 g/mol. The second kappa shape index (κ2) is 4.48. The van der Waals surface area contributed by atoms with Crippen LogP contribution >= 0.6 is 0 Å². The average molecular weight is 221 g/mol. The van der Waals surface area contributed by atoms with E-state index in [-0.39, 0.29) is 0 Å². The van der Waals surface area contributed by atoms with Crippen LogP contribution in [0.15, 0.2) is 6.07 Å². The van der Waals surface area contributed by atoms with E-state index in [9.17, 15) is 0 Å². The largest absolute Gasteiger partial charge is 0.370 e. The van der Waals surface area contributed by atoms with Gasteiger partial charge in [0.05, 0.1) is 11.7 Å². The van der Waals surface area contributed by atoms with Gasteiger partial charge < -0.3 is 5.32 Å². The standard InChI is InChI=1S/C13H23N3/c1-9(2)7-11-8-13-14-6-5-12(10(3)4)16(13)15-11/h8-10,12,14H,5-7H2,1-4H3. The Morgan fingerprint density at radius 2 is 2.19 bits per heavy atom. The van der Waals surface area contributed by atoms with Crippen LogP contribution < -0.4 is 5.32 Å². The Labute approximate surface area is 98.2 Å². The topological polar surface area (TPSA) is 29.9 Å². The minimum absolute atomic E-state index is 0.567. The molecule has 1 N–H and O–H groups in total. The SMILES string of the molecule is CC(C)Cc1cc2n(n1)C(C(C)C)CCN2. The van der Waals surface area contributed by atoms with E-state index >= 15 is 0 Å². The van der Waals surface area contributed by atoms with Crippen molar-refractivity contribution >= 4 is 5.82 Å². The van der Waals surface area contributed by atoms with Gasteiger partial charge >= 0.3 is 0 Å². The van der Waals surface area contributed by atoms with E-state index in [2.05, 4.69) is 43.8 Å². The van der Waals surface area contributed by atoms with Crippen molar-refractivity contribution in [2.75, 3.05) is 11.9 Å². The van der Waals surface area contributed by atoms with Crippen molar-refractivity contribution in [1.29, 1.82) is 0 Å². The summed E-state index contributed by atoms with van der Waals surface area (Å²) in [5.41, 5.74) is 1.23. The summed E-state index contributed by atoms with van der Waals surface area (Å²) in [5.74, 6) is 2.54. The molecule has 1 atom stereocenters. The zero-order valence-electron chi connectivity index (χ0n) is 10.8. The van der Waals surface area contributed by atoms with Crippen LogP contribution in [0.3, 0.4) is 0 Å². The fourth-order valence-corrected chi connectivity index (χ4v) is 2.43. The van der Waals surface area contributed by atoms with Crippen molar-refractivity contribution in [2.45, 2.75) is 46.6 Å². The fourth-order valence-electron chi connectivity index (χ4n) is 2.43. The summed E-state index contributed by atoms with van der Waals surface area (Å²) in [4.78, 5) is 0. The number of nitrogens with one attached hydrogen (secondary N) is 1. The number of aromatic nitrogens is 2. The summed E-state index contributed by atoms with van der Waals surface area (Å²) >= 11 is 0. The molecule has 0 radical (unpaired) electrons. The van der Waals surface area contributed by atoms with E-state index in [4.69, 9.17) is 5.10 Å². The van der Waals surface area contributed by atoms with Gasteiger partial charge in [0, 0.05) is 12.6 Å². The highest BCUT2D eigenvalue weighted by molar-refractivity contribution is 5.39. The Kier molecular flexibility index (Phi) is 3.22. The Balaban J connectivity index is 2.24. The molecule has 1 aliphatic rings. The van der Waals surface area contributed by atoms with Gasteiger partial charge in [0.2, 0.25) is 0 Å². The molecule has 16 heavy (non-hydrogen) atoms. The molecule has 0 saturated carbocycles. The maximum Gasteiger partial charge on any atom is 0.124 e. The lowest BCUT2D eigenvalue weighted by Crippen LogP contribution is -2.26. The normalized spacial score (nSPS) is 20.0. The smallest absolute Gasteiger partial charge is 0.124 e. The van der Waals surface area contributed by atoms with Crippen LogP contribution in [0.4, 0.5) is 5.82 Å². The molecule has 1 aromatic heterocycles. The Morgan fingerprint density at radius 1 is 1.44 bits per heavy atom. The highest BCUT2D eigenvalue weighted by atomic mass is 15.4. The first-order chi connectivity index (χ1) is 7.58. The molecule has 0 aromatic carbocycles. The lowest BCUT2D eigenvalue weighted by Gasteiger charge is -2.28. The van der Waals surface area contributed by atoms with Crippen molar-refractivity contribution in [3.8, 4) is 0 Å². The van der Waals surface area contributed by atoms with Crippen molar-refractivity contribution in [2.24, 2.45) is 11.8 Å². The van der Waals surface area contributed by atoms with Gasteiger partial charge in [-0.3, -0.25) is 0 Å². The zero-order chi connectivity index (χ0) is 11.7. The summed E-state index contributed by atoms with van der Waals surface area (Å²) in [6.45, 7) is 10.1. The van der Waals surface area contributed by atoms with E-state index in [1.165, 1.54) is 17.9 Å². The molecule has 2 heterocycles. The number of anilines is 1. The van der Waals surface area contributed by atoms with E-state index < -0.39 is 0 Å². The second-order valence-electron chi connectivity index (χ2n) is 5.59. The Morgan fingerprint density at radius 3 is 2.81 bits per heavy atom. The van der Waals surface area contributed by atoms with Crippen molar-refractivity contribution in [1.82, 2.24) is 9.78 Å². The molecule has 0 amide bonds. The van der Waals surface area contributed by atoms with Crippen LogP contribution in [0.5, 0.6) is 0 Å². The average Bonchev–Trinajstić information content (AvgIpc) is 2.57. The van der Waals surface area contributed by atoms with Gasteiger partial charge in [-0.25, -0.2) is 4.68 Å². The van der Waals surface area contributed by atoms with E-state index in [1.54, 1.807) is 0 Å². The summed E-state index contributed by atoms with van der Waals surface area (Å²) in [5, 5.41) is 8.19. The molecule has 90 valence electrons. The van der Waals surface area contributed by atoms with Gasteiger partial charge in [0.1, 0.15) is 5.82 Å². The van der Waals surface area contributed by atoms with Crippen LogP contribution in [0.1, 0.15) is 45.9 Å². The lowest BCUT2D eigenvalue weighted by molar-refractivity contribution is 0.321. The van der Waals surface area contributed by atoms with Gasteiger partial charge in [-0.2, -0.15) is 5.10 Å². The van der Waals surface area contributed by atoms with E-state index in [1.807, 2.05) is 0 Å². The van der Waals surface area contributed by atoms with Gasteiger partial charge in [-0.1, -0.05) is 27.7 Å². The van der Waals surface area contributed by atoms with E-state index in [0.29, 0.717) is 17.9 Å². The predicted molar refractivity (Wildman–Crippen MR) is 67.8 cm³/mol. The molecule has 0 saturated heterocycles. The van der Waals surface area contributed by atoms with Crippen molar-refractivity contribution in [3.63, 3.8) is 0 Å². The van der Waals surface area contributed by atoms with Gasteiger partial charge in [-0.15, -0.1) is 0 Å². The van der Waals surface area contributed by atoms with Crippen LogP contribution in [0, 0.1) is 11.8 Å². The minimum Gasteiger partial charge on any atom is -0.370 e. The first-order valence-corrected chi connectivity index (χ1v) is 6.40. The zero-order valence-corrected chi connectivity index (χ0v) is 10.8. The summed E-state index contributed by atoms with van der Waals surface area (Å²) in [6.07, 6.45) is 2.26. The van der Waals surface area contributed by atoms with E-state index in [0.717, 1.165) is 13.0 Å². The first kappa shape index (κ1) is 11.5. The highest BCUT2D eigenvalue weighted by Crippen LogP contribution is 2.30. The van der Waals surface area contributed by atoms with Crippen molar-refractivity contribution < 1.29 is 0 Å². The second-order valence-corrected chi connectivity index (χ2v) is 5.59. The molecule has 0 bridgehead atoms. The third-order valence-electron chi connectivity index (χ3n) is 3.23.